The third-order valence-corrected chi connectivity index (χ3v) is 9.66. The van der Waals surface area contributed by atoms with Gasteiger partial charge in [0.1, 0.15) is 29.3 Å². The summed E-state index contributed by atoms with van der Waals surface area (Å²) in [5, 5.41) is 4.39. The lowest BCUT2D eigenvalue weighted by molar-refractivity contribution is 1.19. The van der Waals surface area contributed by atoms with Crippen molar-refractivity contribution in [1.29, 1.82) is 0 Å². The molecule has 138 valence electrons. The van der Waals surface area contributed by atoms with Gasteiger partial charge in [0.25, 0.3) is 0 Å². The molecule has 28 heavy (non-hydrogen) atoms. The lowest BCUT2D eigenvalue weighted by atomic mass is 10.3. The molecular weight excluding hydrogens is 385 g/mol. The molecule has 0 aliphatic carbocycles. The molecule has 0 bridgehead atoms. The van der Waals surface area contributed by atoms with Gasteiger partial charge < -0.3 is 4.98 Å². The monoisotopic (exact) mass is 404 g/mol. The number of aromatic nitrogens is 1. The first-order valence-electron chi connectivity index (χ1n) is 9.12. The number of benzene rings is 3. The van der Waals surface area contributed by atoms with Crippen molar-refractivity contribution in [2.45, 2.75) is 6.16 Å². The van der Waals surface area contributed by atoms with E-state index in [0.717, 1.165) is 5.56 Å². The number of pyridine rings is 1. The van der Waals surface area contributed by atoms with Gasteiger partial charge in [0, 0.05) is 17.8 Å². The third kappa shape index (κ3) is 3.54. The van der Waals surface area contributed by atoms with Crippen LogP contribution >= 0.6 is 18.9 Å². The van der Waals surface area contributed by atoms with E-state index >= 15 is 0 Å². The van der Waals surface area contributed by atoms with E-state index < -0.39 is 7.26 Å². The summed E-state index contributed by atoms with van der Waals surface area (Å²) in [7, 11) is -2.06. The Bertz CT molecular complexity index is 1010. The van der Waals surface area contributed by atoms with Gasteiger partial charge in [-0.3, -0.25) is 4.79 Å². The highest BCUT2D eigenvalue weighted by Gasteiger charge is 2.45. The summed E-state index contributed by atoms with van der Waals surface area (Å²) in [6.07, 6.45) is 2.28. The first kappa shape index (κ1) is 18.7. The van der Waals surface area contributed by atoms with E-state index in [-0.39, 0.29) is 5.56 Å². The number of rotatable bonds is 5. The number of hydrogen-bond acceptors (Lipinski definition) is 1. The molecule has 4 rings (SSSR count). The fraction of sp³-hybridized carbons (Fsp3) is 0.0417. The van der Waals surface area contributed by atoms with Crippen molar-refractivity contribution in [1.82, 2.24) is 4.98 Å². The quantitative estimate of drug-likeness (QED) is 0.487. The van der Waals surface area contributed by atoms with Crippen LogP contribution in [0.3, 0.4) is 0 Å². The van der Waals surface area contributed by atoms with E-state index in [0.29, 0.717) is 11.2 Å². The van der Waals surface area contributed by atoms with Crippen LogP contribution < -0.4 is 21.5 Å². The molecule has 0 saturated carbocycles. The van der Waals surface area contributed by atoms with Gasteiger partial charge in [0.2, 0.25) is 5.56 Å². The maximum Gasteiger partial charge on any atom is 0.248 e. The predicted molar refractivity (Wildman–Crippen MR) is 121 cm³/mol. The molecule has 1 N–H and O–H groups in total. The Kier molecular flexibility index (Phi) is 5.43. The van der Waals surface area contributed by atoms with E-state index in [4.69, 9.17) is 11.6 Å². The molecule has 0 fully saturated rings. The van der Waals surface area contributed by atoms with Crippen molar-refractivity contribution in [3.8, 4) is 0 Å². The number of nitrogens with one attached hydrogen (secondary N) is 1. The van der Waals surface area contributed by atoms with Crippen LogP contribution in [0.4, 0.5) is 0 Å². The van der Waals surface area contributed by atoms with E-state index in [9.17, 15) is 4.79 Å². The molecular formula is C24H20ClNOP+. The molecule has 3 aromatic carbocycles. The standard InChI is InChI=1S/C24H19ClNOP/c25-23-17-26-24(27)16-19(23)18-28(20-10-4-1-5-11-20,21-12-6-2-7-13-21)22-14-8-3-9-15-22/h1-17H,18H2/p+1. The predicted octanol–water partition coefficient (Wildman–Crippen LogP) is 4.52. The minimum atomic E-state index is -2.06. The Hall–Kier alpha value is -2.67. The van der Waals surface area contributed by atoms with Crippen molar-refractivity contribution in [2.75, 3.05) is 0 Å². The van der Waals surface area contributed by atoms with Gasteiger partial charge >= 0.3 is 0 Å². The lowest BCUT2D eigenvalue weighted by Gasteiger charge is -2.28. The molecule has 0 aliphatic heterocycles. The third-order valence-electron chi connectivity index (χ3n) is 4.95. The maximum absolute atomic E-state index is 12.0. The molecule has 4 heteroatoms. The first-order chi connectivity index (χ1) is 13.7. The van der Waals surface area contributed by atoms with Crippen LogP contribution in [0.15, 0.2) is 108 Å². The second-order valence-electron chi connectivity index (χ2n) is 6.64. The number of H-pyrrole nitrogens is 1. The van der Waals surface area contributed by atoms with E-state index in [1.165, 1.54) is 15.9 Å². The number of hydrogen-bond donors (Lipinski definition) is 1. The zero-order valence-electron chi connectivity index (χ0n) is 15.3. The van der Waals surface area contributed by atoms with Gasteiger partial charge in [-0.25, -0.2) is 0 Å². The van der Waals surface area contributed by atoms with Gasteiger partial charge in [0.05, 0.1) is 5.02 Å². The fourth-order valence-corrected chi connectivity index (χ4v) is 8.17. The van der Waals surface area contributed by atoms with Crippen LogP contribution in [0, 0.1) is 0 Å². The van der Waals surface area contributed by atoms with Crippen LogP contribution in [-0.4, -0.2) is 4.98 Å². The van der Waals surface area contributed by atoms with Gasteiger partial charge in [-0.05, 0) is 36.4 Å². The first-order valence-corrected chi connectivity index (χ1v) is 11.5. The molecule has 2 nitrogen and oxygen atoms in total. The molecule has 4 aromatic rings. The van der Waals surface area contributed by atoms with Crippen LogP contribution in [0.5, 0.6) is 0 Å². The van der Waals surface area contributed by atoms with Gasteiger partial charge in [0.15, 0.2) is 0 Å². The summed E-state index contributed by atoms with van der Waals surface area (Å²) in [4.78, 5) is 14.7. The van der Waals surface area contributed by atoms with Gasteiger partial charge in [-0.2, -0.15) is 0 Å². The lowest BCUT2D eigenvalue weighted by Crippen LogP contribution is -2.32. The number of halogens is 1. The van der Waals surface area contributed by atoms with Crippen molar-refractivity contribution in [2.24, 2.45) is 0 Å². The largest absolute Gasteiger partial charge is 0.328 e. The van der Waals surface area contributed by atoms with E-state index in [2.05, 4.69) is 77.8 Å². The molecule has 0 saturated heterocycles. The highest BCUT2D eigenvalue weighted by molar-refractivity contribution is 7.95. The Morgan fingerprint density at radius 3 is 1.57 bits per heavy atom. The summed E-state index contributed by atoms with van der Waals surface area (Å²) in [6, 6.07) is 33.3. The van der Waals surface area contributed by atoms with Crippen LogP contribution in [0.25, 0.3) is 0 Å². The van der Waals surface area contributed by atoms with Crippen molar-refractivity contribution in [3.63, 3.8) is 0 Å². The molecule has 0 aliphatic rings. The number of aromatic amines is 1. The molecule has 0 atom stereocenters. The Morgan fingerprint density at radius 2 is 1.14 bits per heavy atom. The molecule has 0 spiro atoms. The summed E-state index contributed by atoms with van der Waals surface area (Å²) < 4.78 is 0. The summed E-state index contributed by atoms with van der Waals surface area (Å²) in [6.45, 7) is 0. The average molecular weight is 405 g/mol. The van der Waals surface area contributed by atoms with Crippen LogP contribution in [0.1, 0.15) is 5.56 Å². The minimum absolute atomic E-state index is 0.133. The molecule has 1 heterocycles. The van der Waals surface area contributed by atoms with Crippen molar-refractivity contribution in [3.05, 3.63) is 124 Å². The SMILES string of the molecule is O=c1cc(C[P+](c2ccccc2)(c2ccccc2)c2ccccc2)c(Cl)c[nH]1. The van der Waals surface area contributed by atoms with Gasteiger partial charge in [-0.15, -0.1) is 0 Å². The normalized spacial score (nSPS) is 11.3. The van der Waals surface area contributed by atoms with Crippen LogP contribution in [0.2, 0.25) is 5.02 Å². The second-order valence-corrected chi connectivity index (χ2v) is 10.5. The maximum atomic E-state index is 12.0. The zero-order valence-corrected chi connectivity index (χ0v) is 16.9. The fourth-order valence-electron chi connectivity index (χ4n) is 3.64. The van der Waals surface area contributed by atoms with E-state index in [1.54, 1.807) is 12.3 Å². The van der Waals surface area contributed by atoms with E-state index in [1.807, 2.05) is 18.2 Å². The molecule has 0 amide bonds. The zero-order chi connectivity index (χ0) is 19.4. The minimum Gasteiger partial charge on any atom is -0.328 e. The average Bonchev–Trinajstić information content (AvgIpc) is 2.76. The molecule has 0 unspecified atom stereocenters. The molecule has 0 radical (unpaired) electrons. The molecule has 1 aromatic heterocycles. The Morgan fingerprint density at radius 1 is 0.714 bits per heavy atom. The Balaban J connectivity index is 2.04. The second kappa shape index (κ2) is 8.14. The summed E-state index contributed by atoms with van der Waals surface area (Å²) in [5.41, 5.74) is 0.738. The smallest absolute Gasteiger partial charge is 0.248 e. The Labute approximate surface area is 170 Å². The van der Waals surface area contributed by atoms with Gasteiger partial charge in [-0.1, -0.05) is 66.2 Å². The van der Waals surface area contributed by atoms with Crippen molar-refractivity contribution < 1.29 is 0 Å². The highest BCUT2D eigenvalue weighted by Crippen LogP contribution is 2.58. The van der Waals surface area contributed by atoms with Crippen LogP contribution in [-0.2, 0) is 6.16 Å². The van der Waals surface area contributed by atoms with Crippen molar-refractivity contribution >= 4 is 34.8 Å². The summed E-state index contributed by atoms with van der Waals surface area (Å²) >= 11 is 6.51. The highest BCUT2D eigenvalue weighted by atomic mass is 35.5. The summed E-state index contributed by atoms with van der Waals surface area (Å²) in [5.74, 6) is 0. The topological polar surface area (TPSA) is 32.9 Å².